The van der Waals surface area contributed by atoms with Crippen molar-refractivity contribution in [2.75, 3.05) is 20.3 Å². The van der Waals surface area contributed by atoms with Crippen LogP contribution in [0.2, 0.25) is 0 Å². The molecule has 0 unspecified atom stereocenters. The fraction of sp³-hybridized carbons (Fsp3) is 0.176. The van der Waals surface area contributed by atoms with E-state index in [0.29, 0.717) is 19.0 Å². The molecule has 1 heterocycles. The van der Waals surface area contributed by atoms with Crippen LogP contribution in [0, 0.1) is 23.7 Å². The normalized spacial score (nSPS) is 9.05. The highest BCUT2D eigenvalue weighted by Gasteiger charge is 1.89. The summed E-state index contributed by atoms with van der Waals surface area (Å²) in [6.45, 7) is 0.677. The molecular weight excluding hydrogens is 252 g/mol. The van der Waals surface area contributed by atoms with Crippen LogP contribution < -0.4 is 4.74 Å². The first-order chi connectivity index (χ1) is 9.88. The van der Waals surface area contributed by atoms with Gasteiger partial charge >= 0.3 is 0 Å². The summed E-state index contributed by atoms with van der Waals surface area (Å²) >= 11 is 0. The molecule has 0 bridgehead atoms. The molecule has 0 aliphatic carbocycles. The topological polar surface area (TPSA) is 31.6 Å². The van der Waals surface area contributed by atoms with Gasteiger partial charge in [-0.3, -0.25) is 0 Å². The molecule has 1 aromatic carbocycles. The Labute approximate surface area is 118 Å². The molecule has 0 atom stereocenters. The van der Waals surface area contributed by atoms with Crippen LogP contribution in [0.25, 0.3) is 0 Å². The van der Waals surface area contributed by atoms with Crippen LogP contribution >= 0.6 is 0 Å². The molecule has 0 N–H and O–H groups in total. The minimum absolute atomic E-state index is 0.331. The number of hydrogen-bond donors (Lipinski definition) is 0. The summed E-state index contributed by atoms with van der Waals surface area (Å²) in [6, 6.07) is 11.2. The van der Waals surface area contributed by atoms with Gasteiger partial charge in [0, 0.05) is 5.56 Å². The van der Waals surface area contributed by atoms with Crippen LogP contribution in [0.5, 0.6) is 5.75 Å². The van der Waals surface area contributed by atoms with Gasteiger partial charge < -0.3 is 13.9 Å². The second-order valence-corrected chi connectivity index (χ2v) is 3.80. The second kappa shape index (κ2) is 7.74. The predicted molar refractivity (Wildman–Crippen MR) is 76.3 cm³/mol. The first kappa shape index (κ1) is 13.8. The van der Waals surface area contributed by atoms with Crippen LogP contribution in [0.1, 0.15) is 11.3 Å². The maximum Gasteiger partial charge on any atom is 0.176 e. The molecule has 1 aromatic heterocycles. The van der Waals surface area contributed by atoms with Crippen molar-refractivity contribution < 1.29 is 13.9 Å². The lowest BCUT2D eigenvalue weighted by atomic mass is 10.2. The molecule has 0 radical (unpaired) electrons. The average Bonchev–Trinajstić information content (AvgIpc) is 3.00. The largest absolute Gasteiger partial charge is 0.497 e. The van der Waals surface area contributed by atoms with Crippen LogP contribution in [-0.2, 0) is 4.74 Å². The lowest BCUT2D eigenvalue weighted by molar-refractivity contribution is 0.204. The fourth-order valence-electron chi connectivity index (χ4n) is 1.44. The van der Waals surface area contributed by atoms with Gasteiger partial charge in [-0.05, 0) is 42.3 Å². The van der Waals surface area contributed by atoms with E-state index in [1.807, 2.05) is 24.3 Å². The highest BCUT2D eigenvalue weighted by Crippen LogP contribution is 2.09. The van der Waals surface area contributed by atoms with Crippen molar-refractivity contribution in [1.29, 1.82) is 0 Å². The summed E-state index contributed by atoms with van der Waals surface area (Å²) in [5.74, 6) is 13.1. The van der Waals surface area contributed by atoms with Crippen LogP contribution in [0.3, 0.4) is 0 Å². The van der Waals surface area contributed by atoms with Gasteiger partial charge in [-0.25, -0.2) is 0 Å². The van der Waals surface area contributed by atoms with Gasteiger partial charge in [-0.15, -0.1) is 0 Å². The van der Waals surface area contributed by atoms with Crippen molar-refractivity contribution >= 4 is 0 Å². The Bertz CT molecular complexity index is 632. The molecule has 0 aliphatic rings. The molecule has 0 aliphatic heterocycles. The monoisotopic (exact) mass is 266 g/mol. The number of ether oxygens (including phenoxy) is 2. The minimum Gasteiger partial charge on any atom is -0.497 e. The lowest BCUT2D eigenvalue weighted by Crippen LogP contribution is -1.91. The van der Waals surface area contributed by atoms with E-state index < -0.39 is 0 Å². The Morgan fingerprint density at radius 3 is 2.40 bits per heavy atom. The molecule has 3 heteroatoms. The fourth-order valence-corrected chi connectivity index (χ4v) is 1.44. The van der Waals surface area contributed by atoms with Crippen molar-refractivity contribution in [3.8, 4) is 29.4 Å². The molecule has 20 heavy (non-hydrogen) atoms. The van der Waals surface area contributed by atoms with Gasteiger partial charge in [0.2, 0.25) is 0 Å². The molecule has 0 saturated heterocycles. The Kier molecular flexibility index (Phi) is 5.34. The Balaban J connectivity index is 1.72. The highest BCUT2D eigenvalue weighted by atomic mass is 16.5. The molecule has 0 amide bonds. The van der Waals surface area contributed by atoms with Gasteiger partial charge in [-0.1, -0.05) is 17.8 Å². The zero-order valence-corrected chi connectivity index (χ0v) is 11.2. The first-order valence-electron chi connectivity index (χ1n) is 6.11. The van der Waals surface area contributed by atoms with E-state index in [-0.39, 0.29) is 0 Å². The zero-order chi connectivity index (χ0) is 14.0. The van der Waals surface area contributed by atoms with Crippen molar-refractivity contribution in [1.82, 2.24) is 0 Å². The van der Waals surface area contributed by atoms with Crippen molar-refractivity contribution in [2.45, 2.75) is 0 Å². The molecule has 0 fully saturated rings. The molecule has 100 valence electrons. The molecule has 2 aromatic rings. The van der Waals surface area contributed by atoms with E-state index in [2.05, 4.69) is 23.7 Å². The second-order valence-electron chi connectivity index (χ2n) is 3.80. The SMILES string of the molecule is COc1ccc(C#CCOCC#Cc2ccco2)cc1. The molecule has 0 spiro atoms. The van der Waals surface area contributed by atoms with Crippen LogP contribution in [-0.4, -0.2) is 20.3 Å². The number of hydrogen-bond acceptors (Lipinski definition) is 3. The maximum absolute atomic E-state index is 5.28. The quantitative estimate of drug-likeness (QED) is 0.632. The van der Waals surface area contributed by atoms with Crippen molar-refractivity contribution in [3.05, 3.63) is 54.0 Å². The predicted octanol–water partition coefficient (Wildman–Crippen LogP) is 2.71. The molecule has 3 nitrogen and oxygen atoms in total. The number of furan rings is 1. The summed E-state index contributed by atoms with van der Waals surface area (Å²) in [4.78, 5) is 0. The van der Waals surface area contributed by atoms with Gasteiger partial charge in [-0.2, -0.15) is 0 Å². The number of benzene rings is 1. The first-order valence-corrected chi connectivity index (χ1v) is 6.11. The summed E-state index contributed by atoms with van der Waals surface area (Å²) in [5.41, 5.74) is 0.927. The summed E-state index contributed by atoms with van der Waals surface area (Å²) in [6.07, 6.45) is 1.59. The van der Waals surface area contributed by atoms with Crippen molar-refractivity contribution in [3.63, 3.8) is 0 Å². The van der Waals surface area contributed by atoms with Gasteiger partial charge in [0.1, 0.15) is 19.0 Å². The summed E-state index contributed by atoms with van der Waals surface area (Å²) in [5, 5.41) is 0. The van der Waals surface area contributed by atoms with E-state index in [4.69, 9.17) is 13.9 Å². The van der Waals surface area contributed by atoms with Crippen molar-refractivity contribution in [2.24, 2.45) is 0 Å². The summed E-state index contributed by atoms with van der Waals surface area (Å²) < 4.78 is 15.4. The lowest BCUT2D eigenvalue weighted by Gasteiger charge is -1.97. The molecule has 0 saturated carbocycles. The average molecular weight is 266 g/mol. The highest BCUT2D eigenvalue weighted by molar-refractivity contribution is 5.38. The minimum atomic E-state index is 0.331. The van der Waals surface area contributed by atoms with Gasteiger partial charge in [0.05, 0.1) is 13.4 Å². The third-order valence-electron chi connectivity index (χ3n) is 2.40. The van der Waals surface area contributed by atoms with E-state index in [0.717, 1.165) is 11.3 Å². The molecular formula is C17H14O3. The Hall–Kier alpha value is -2.62. The van der Waals surface area contributed by atoms with Gasteiger partial charge in [0.25, 0.3) is 0 Å². The Morgan fingerprint density at radius 2 is 1.75 bits per heavy atom. The van der Waals surface area contributed by atoms with E-state index >= 15 is 0 Å². The van der Waals surface area contributed by atoms with E-state index in [9.17, 15) is 0 Å². The smallest absolute Gasteiger partial charge is 0.176 e. The third kappa shape index (κ3) is 4.57. The van der Waals surface area contributed by atoms with Crippen LogP contribution in [0.15, 0.2) is 47.1 Å². The number of methoxy groups -OCH3 is 1. The molecule has 2 rings (SSSR count). The van der Waals surface area contributed by atoms with Gasteiger partial charge in [0.15, 0.2) is 5.76 Å². The van der Waals surface area contributed by atoms with Crippen LogP contribution in [0.4, 0.5) is 0 Å². The van der Waals surface area contributed by atoms with E-state index in [1.54, 1.807) is 25.5 Å². The zero-order valence-electron chi connectivity index (χ0n) is 11.2. The third-order valence-corrected chi connectivity index (χ3v) is 2.40. The standard InChI is InChI=1S/C17H14O3/c1-18-16-10-8-15(9-11-16)5-2-12-19-13-3-6-17-7-4-14-20-17/h4,7-11,14H,12-13H2,1H3. The summed E-state index contributed by atoms with van der Waals surface area (Å²) in [7, 11) is 1.64. The maximum atomic E-state index is 5.28. The number of rotatable bonds is 3. The van der Waals surface area contributed by atoms with E-state index in [1.165, 1.54) is 0 Å². The Morgan fingerprint density at radius 1 is 1.00 bits per heavy atom.